The van der Waals surface area contributed by atoms with Crippen LogP contribution < -0.4 is 11.6 Å². The van der Waals surface area contributed by atoms with Gasteiger partial charge in [-0.1, -0.05) is 0 Å². The van der Waals surface area contributed by atoms with Crippen molar-refractivity contribution in [1.82, 2.24) is 19.9 Å². The molecule has 2 aromatic rings. The highest BCUT2D eigenvalue weighted by Gasteiger charge is 2.09. The lowest BCUT2D eigenvalue weighted by Gasteiger charge is -2.00. The summed E-state index contributed by atoms with van der Waals surface area (Å²) in [6, 6.07) is 1.47. The van der Waals surface area contributed by atoms with E-state index < -0.39 is 0 Å². The van der Waals surface area contributed by atoms with Gasteiger partial charge in [0.2, 0.25) is 5.95 Å². The van der Waals surface area contributed by atoms with Crippen molar-refractivity contribution in [3.05, 3.63) is 18.5 Å². The Hall–Kier alpha value is -2.31. The number of nitrogen functional groups attached to an aromatic ring is 2. The number of pyridine rings is 1. The normalized spacial score (nSPS) is 10.3. The minimum Gasteiger partial charge on any atom is -0.506 e. The van der Waals surface area contributed by atoms with Crippen LogP contribution in [0.3, 0.4) is 0 Å². The molecule has 0 aliphatic heterocycles. The highest BCUT2D eigenvalue weighted by Crippen LogP contribution is 2.19. The van der Waals surface area contributed by atoms with Gasteiger partial charge in [-0.15, -0.1) is 10.2 Å². The first kappa shape index (κ1) is 8.30. The minimum atomic E-state index is 0.0315. The van der Waals surface area contributed by atoms with Crippen molar-refractivity contribution in [1.29, 1.82) is 0 Å². The first-order chi connectivity index (χ1) is 6.68. The third-order valence-electron chi connectivity index (χ3n) is 1.70. The maximum absolute atomic E-state index is 9.18. The average Bonchev–Trinajstić information content (AvgIpc) is 2.48. The fraction of sp³-hybridized carbons (Fsp3) is 0. The Bertz CT molecular complexity index is 465. The molecule has 0 amide bonds. The van der Waals surface area contributed by atoms with Gasteiger partial charge >= 0.3 is 0 Å². The zero-order valence-corrected chi connectivity index (χ0v) is 7.12. The van der Waals surface area contributed by atoms with Crippen molar-refractivity contribution < 1.29 is 5.11 Å². The largest absolute Gasteiger partial charge is 0.506 e. The molecule has 0 fully saturated rings. The fourth-order valence-corrected chi connectivity index (χ4v) is 1.05. The number of hydrogen-bond donors (Lipinski definition) is 3. The van der Waals surface area contributed by atoms with Gasteiger partial charge in [0, 0.05) is 11.8 Å². The lowest BCUT2D eigenvalue weighted by atomic mass is 10.2. The second-order valence-electron chi connectivity index (χ2n) is 2.68. The lowest BCUT2D eigenvalue weighted by Crippen LogP contribution is -2.13. The van der Waals surface area contributed by atoms with Crippen LogP contribution in [0.15, 0.2) is 18.5 Å². The SMILES string of the molecule is Nc1nnc(-c2cncc(O)c2)n1N. The van der Waals surface area contributed by atoms with E-state index in [2.05, 4.69) is 15.2 Å². The molecule has 7 nitrogen and oxygen atoms in total. The summed E-state index contributed by atoms with van der Waals surface area (Å²) in [5.41, 5.74) is 5.95. The third-order valence-corrected chi connectivity index (χ3v) is 1.70. The standard InChI is InChI=1S/C7H8N6O/c8-7-12-11-6(13(7)9)4-1-5(14)3-10-2-4/h1-3,14H,9H2,(H2,8,12). The van der Waals surface area contributed by atoms with Crippen LogP contribution in [0.25, 0.3) is 11.4 Å². The molecule has 0 spiro atoms. The van der Waals surface area contributed by atoms with Crippen molar-refractivity contribution >= 4 is 5.95 Å². The van der Waals surface area contributed by atoms with Gasteiger partial charge in [-0.2, -0.15) is 0 Å². The molecular weight excluding hydrogens is 184 g/mol. The van der Waals surface area contributed by atoms with Gasteiger partial charge in [0.05, 0.1) is 6.20 Å². The summed E-state index contributed by atoms with van der Waals surface area (Å²) in [5, 5.41) is 16.5. The van der Waals surface area contributed by atoms with Crippen molar-refractivity contribution in [3.63, 3.8) is 0 Å². The molecule has 14 heavy (non-hydrogen) atoms. The summed E-state index contributed by atoms with van der Waals surface area (Å²) < 4.78 is 1.12. The molecule has 0 unspecified atom stereocenters. The monoisotopic (exact) mass is 192 g/mol. The van der Waals surface area contributed by atoms with E-state index in [-0.39, 0.29) is 11.7 Å². The third kappa shape index (κ3) is 1.20. The quantitative estimate of drug-likeness (QED) is 0.516. The predicted molar refractivity (Wildman–Crippen MR) is 49.5 cm³/mol. The average molecular weight is 192 g/mol. The number of aromatic nitrogens is 4. The number of aromatic hydroxyl groups is 1. The molecule has 0 aliphatic carbocycles. The van der Waals surface area contributed by atoms with Crippen LogP contribution in [0.1, 0.15) is 0 Å². The molecule has 0 bridgehead atoms. The summed E-state index contributed by atoms with van der Waals surface area (Å²) in [7, 11) is 0. The predicted octanol–water partition coefficient (Wildman–Crippen LogP) is -0.658. The summed E-state index contributed by atoms with van der Waals surface area (Å²) in [5.74, 6) is 6.03. The molecule has 0 aliphatic rings. The van der Waals surface area contributed by atoms with Gasteiger partial charge < -0.3 is 16.7 Å². The number of nitrogens with two attached hydrogens (primary N) is 2. The molecule has 72 valence electrons. The Balaban J connectivity index is 2.55. The van der Waals surface area contributed by atoms with Crippen molar-refractivity contribution in [2.75, 3.05) is 11.6 Å². The minimum absolute atomic E-state index is 0.0315. The van der Waals surface area contributed by atoms with E-state index in [1.165, 1.54) is 18.5 Å². The molecule has 2 rings (SSSR count). The smallest absolute Gasteiger partial charge is 0.241 e. The molecule has 2 heterocycles. The van der Waals surface area contributed by atoms with Crippen LogP contribution in [0.2, 0.25) is 0 Å². The van der Waals surface area contributed by atoms with Gasteiger partial charge in [0.1, 0.15) is 5.75 Å². The van der Waals surface area contributed by atoms with Crippen LogP contribution >= 0.6 is 0 Å². The van der Waals surface area contributed by atoms with E-state index in [9.17, 15) is 5.11 Å². The number of rotatable bonds is 1. The van der Waals surface area contributed by atoms with E-state index in [0.29, 0.717) is 11.4 Å². The zero-order valence-electron chi connectivity index (χ0n) is 7.12. The molecule has 7 heteroatoms. The van der Waals surface area contributed by atoms with Crippen LogP contribution in [0, 0.1) is 0 Å². The second kappa shape index (κ2) is 2.87. The summed E-state index contributed by atoms with van der Waals surface area (Å²) >= 11 is 0. The Morgan fingerprint density at radius 1 is 1.29 bits per heavy atom. The molecule has 0 aromatic carbocycles. The van der Waals surface area contributed by atoms with E-state index in [4.69, 9.17) is 11.6 Å². The van der Waals surface area contributed by atoms with Crippen LogP contribution in [-0.2, 0) is 0 Å². The van der Waals surface area contributed by atoms with Gasteiger partial charge in [0.15, 0.2) is 5.82 Å². The van der Waals surface area contributed by atoms with E-state index >= 15 is 0 Å². The highest BCUT2D eigenvalue weighted by molar-refractivity contribution is 5.57. The highest BCUT2D eigenvalue weighted by atomic mass is 16.3. The summed E-state index contributed by atoms with van der Waals surface area (Å²) in [6.07, 6.45) is 2.82. The first-order valence-electron chi connectivity index (χ1n) is 3.79. The Labute approximate surface area is 79.0 Å². The van der Waals surface area contributed by atoms with E-state index in [0.717, 1.165) is 4.68 Å². The summed E-state index contributed by atoms with van der Waals surface area (Å²) in [6.45, 7) is 0. The molecule has 5 N–H and O–H groups in total. The molecule has 2 aromatic heterocycles. The molecule has 0 saturated heterocycles. The van der Waals surface area contributed by atoms with E-state index in [1.54, 1.807) is 0 Å². The maximum Gasteiger partial charge on any atom is 0.241 e. The molecular formula is C7H8N6O. The van der Waals surface area contributed by atoms with Crippen molar-refractivity contribution in [2.24, 2.45) is 0 Å². The Morgan fingerprint density at radius 3 is 2.64 bits per heavy atom. The first-order valence-corrected chi connectivity index (χ1v) is 3.79. The fourth-order valence-electron chi connectivity index (χ4n) is 1.05. The number of anilines is 1. The Kier molecular flexibility index (Phi) is 1.70. The lowest BCUT2D eigenvalue weighted by molar-refractivity contribution is 0.473. The molecule has 0 radical (unpaired) electrons. The Morgan fingerprint density at radius 2 is 2.07 bits per heavy atom. The van der Waals surface area contributed by atoms with Gasteiger partial charge in [-0.25, -0.2) is 4.68 Å². The molecule has 0 saturated carbocycles. The van der Waals surface area contributed by atoms with Crippen LogP contribution in [-0.4, -0.2) is 25.0 Å². The van der Waals surface area contributed by atoms with Gasteiger partial charge in [0.25, 0.3) is 0 Å². The molecule has 0 atom stereocenters. The van der Waals surface area contributed by atoms with Crippen molar-refractivity contribution in [2.45, 2.75) is 0 Å². The zero-order chi connectivity index (χ0) is 10.1. The number of nitrogens with zero attached hydrogens (tertiary/aromatic N) is 4. The summed E-state index contributed by atoms with van der Waals surface area (Å²) in [4.78, 5) is 3.78. The second-order valence-corrected chi connectivity index (χ2v) is 2.68. The van der Waals surface area contributed by atoms with Crippen LogP contribution in [0.4, 0.5) is 5.95 Å². The number of hydrogen-bond acceptors (Lipinski definition) is 6. The van der Waals surface area contributed by atoms with Crippen LogP contribution in [0.5, 0.6) is 5.75 Å². The van der Waals surface area contributed by atoms with Crippen molar-refractivity contribution in [3.8, 4) is 17.1 Å². The van der Waals surface area contributed by atoms with Gasteiger partial charge in [-0.3, -0.25) is 4.98 Å². The topological polar surface area (TPSA) is 116 Å². The van der Waals surface area contributed by atoms with E-state index in [1.807, 2.05) is 0 Å². The maximum atomic E-state index is 9.18. The van der Waals surface area contributed by atoms with Gasteiger partial charge in [-0.05, 0) is 6.07 Å².